The average Bonchev–Trinajstić information content (AvgIpc) is 2.39. The molecule has 4 heteroatoms. The molecule has 2 aromatic rings. The van der Waals surface area contributed by atoms with Gasteiger partial charge in [-0.1, -0.05) is 47.1 Å². The molecule has 0 aliphatic rings. The van der Waals surface area contributed by atoms with Crippen molar-refractivity contribution < 1.29 is 9.94 Å². The van der Waals surface area contributed by atoms with Gasteiger partial charge in [-0.2, -0.15) is 0 Å². The van der Waals surface area contributed by atoms with Crippen molar-refractivity contribution in [3.8, 4) is 11.5 Å². The van der Waals surface area contributed by atoms with Gasteiger partial charge in [-0.3, -0.25) is 0 Å². The van der Waals surface area contributed by atoms with Crippen LogP contribution in [-0.4, -0.2) is 10.4 Å². The van der Waals surface area contributed by atoms with E-state index in [1.54, 1.807) is 24.3 Å². The minimum atomic E-state index is 0.0310. The number of ether oxygens (including phenoxy) is 1. The van der Waals surface area contributed by atoms with Gasteiger partial charge in [0.1, 0.15) is 11.5 Å². The van der Waals surface area contributed by atoms with Crippen LogP contribution in [-0.2, 0) is 0 Å². The summed E-state index contributed by atoms with van der Waals surface area (Å²) in [6.45, 7) is 0. The van der Waals surface area contributed by atoms with Crippen LogP contribution in [0.5, 0.6) is 11.5 Å². The maximum Gasteiger partial charge on any atom is 0.175 e. The van der Waals surface area contributed by atoms with Gasteiger partial charge < -0.3 is 9.94 Å². The Balaban J connectivity index is 2.23. The number of hydrogen-bond acceptors (Lipinski definition) is 3. The number of rotatable bonds is 3. The summed E-state index contributed by atoms with van der Waals surface area (Å²) in [6.07, 6.45) is 0. The first-order valence-electron chi connectivity index (χ1n) is 5.00. The Bertz CT molecular complexity index is 526. The fraction of sp³-hybridized carbons (Fsp3) is 0. The zero-order chi connectivity index (χ0) is 12.1. The lowest BCUT2D eigenvalue weighted by Crippen LogP contribution is -1.92. The molecule has 1 N–H and O–H groups in total. The molecule has 2 rings (SSSR count). The van der Waals surface area contributed by atoms with Crippen LogP contribution in [0.3, 0.4) is 0 Å². The van der Waals surface area contributed by atoms with Crippen molar-refractivity contribution in [3.05, 3.63) is 60.2 Å². The lowest BCUT2D eigenvalue weighted by atomic mass is 10.2. The summed E-state index contributed by atoms with van der Waals surface area (Å²) in [5.74, 6) is 1.37. The first kappa shape index (κ1) is 11.5. The molecule has 0 radical (unpaired) electrons. The molecule has 0 unspecified atom stereocenters. The number of para-hydroxylation sites is 1. The lowest BCUT2D eigenvalue weighted by molar-refractivity contribution is 0.321. The van der Waals surface area contributed by atoms with Gasteiger partial charge in [-0.05, 0) is 24.3 Å². The predicted octanol–water partition coefficient (Wildman–Crippen LogP) is 3.85. The van der Waals surface area contributed by atoms with Crippen LogP contribution in [0.4, 0.5) is 0 Å². The van der Waals surface area contributed by atoms with Gasteiger partial charge in [0.05, 0.1) is 0 Å². The Hall–Kier alpha value is -2.00. The van der Waals surface area contributed by atoms with Gasteiger partial charge in [0.15, 0.2) is 5.17 Å². The van der Waals surface area contributed by atoms with Gasteiger partial charge in [0.25, 0.3) is 0 Å². The molecule has 17 heavy (non-hydrogen) atoms. The van der Waals surface area contributed by atoms with Crippen molar-refractivity contribution in [2.45, 2.75) is 0 Å². The van der Waals surface area contributed by atoms with Crippen LogP contribution in [0.15, 0.2) is 59.8 Å². The molecule has 0 bridgehead atoms. The van der Waals surface area contributed by atoms with Gasteiger partial charge >= 0.3 is 0 Å². The van der Waals surface area contributed by atoms with E-state index in [0.717, 1.165) is 5.75 Å². The van der Waals surface area contributed by atoms with Crippen LogP contribution >= 0.6 is 11.6 Å². The minimum Gasteiger partial charge on any atom is -0.457 e. The van der Waals surface area contributed by atoms with Crippen molar-refractivity contribution >= 4 is 16.8 Å². The monoisotopic (exact) mass is 247 g/mol. The van der Waals surface area contributed by atoms with E-state index in [4.69, 9.17) is 21.5 Å². The second kappa shape index (κ2) is 5.37. The summed E-state index contributed by atoms with van der Waals surface area (Å²) in [5, 5.41) is 11.5. The third-order valence-corrected chi connectivity index (χ3v) is 2.43. The Morgan fingerprint density at radius 1 is 1.00 bits per heavy atom. The Morgan fingerprint density at radius 3 is 2.41 bits per heavy atom. The SMILES string of the molecule is ON=C(Cl)c1cccc(Oc2ccccc2)c1. The first-order valence-corrected chi connectivity index (χ1v) is 5.38. The molecule has 0 heterocycles. The largest absolute Gasteiger partial charge is 0.457 e. The molecule has 0 atom stereocenters. The third-order valence-electron chi connectivity index (χ3n) is 2.14. The molecule has 0 aliphatic carbocycles. The maximum atomic E-state index is 8.58. The van der Waals surface area contributed by atoms with E-state index >= 15 is 0 Å². The first-order chi connectivity index (χ1) is 8.29. The quantitative estimate of drug-likeness (QED) is 0.508. The normalized spacial score (nSPS) is 11.2. The van der Waals surface area contributed by atoms with Crippen LogP contribution in [0.1, 0.15) is 5.56 Å². The molecule has 0 spiro atoms. The molecule has 0 aliphatic heterocycles. The Morgan fingerprint density at radius 2 is 1.71 bits per heavy atom. The highest BCUT2D eigenvalue weighted by molar-refractivity contribution is 6.69. The second-order valence-corrected chi connectivity index (χ2v) is 3.69. The van der Waals surface area contributed by atoms with Gasteiger partial charge in [-0.25, -0.2) is 0 Å². The lowest BCUT2D eigenvalue weighted by Gasteiger charge is -2.06. The van der Waals surface area contributed by atoms with Crippen LogP contribution < -0.4 is 4.74 Å². The van der Waals surface area contributed by atoms with Crippen molar-refractivity contribution in [3.63, 3.8) is 0 Å². The Labute approximate surface area is 104 Å². The number of halogens is 1. The molecular weight excluding hydrogens is 238 g/mol. The zero-order valence-corrected chi connectivity index (χ0v) is 9.63. The summed E-state index contributed by atoms with van der Waals surface area (Å²) in [4.78, 5) is 0. The fourth-order valence-corrected chi connectivity index (χ4v) is 1.49. The summed E-state index contributed by atoms with van der Waals surface area (Å²) >= 11 is 5.71. The van der Waals surface area contributed by atoms with Crippen molar-refractivity contribution in [2.75, 3.05) is 0 Å². The van der Waals surface area contributed by atoms with E-state index < -0.39 is 0 Å². The summed E-state index contributed by atoms with van der Waals surface area (Å²) in [6, 6.07) is 16.4. The highest BCUT2D eigenvalue weighted by Gasteiger charge is 2.03. The molecule has 0 saturated carbocycles. The maximum absolute atomic E-state index is 8.58. The summed E-state index contributed by atoms with van der Waals surface area (Å²) < 4.78 is 5.62. The number of nitrogens with zero attached hydrogens (tertiary/aromatic N) is 1. The van der Waals surface area contributed by atoms with Crippen molar-refractivity contribution in [1.82, 2.24) is 0 Å². The standard InChI is InChI=1S/C13H10ClNO2/c14-13(15-16)10-5-4-8-12(9-10)17-11-6-2-1-3-7-11/h1-9,16H. The highest BCUT2D eigenvalue weighted by Crippen LogP contribution is 2.22. The molecule has 0 fully saturated rings. The summed E-state index contributed by atoms with van der Waals surface area (Å²) in [5.41, 5.74) is 0.600. The van der Waals surface area contributed by atoms with E-state index in [-0.39, 0.29) is 5.17 Å². The smallest absolute Gasteiger partial charge is 0.175 e. The van der Waals surface area contributed by atoms with Gasteiger partial charge in [-0.15, -0.1) is 0 Å². The molecule has 86 valence electrons. The van der Waals surface area contributed by atoms with Gasteiger partial charge in [0, 0.05) is 5.56 Å². The minimum absolute atomic E-state index is 0.0310. The van der Waals surface area contributed by atoms with E-state index in [1.807, 2.05) is 30.3 Å². The number of hydrogen-bond donors (Lipinski definition) is 1. The molecule has 0 amide bonds. The highest BCUT2D eigenvalue weighted by atomic mass is 35.5. The van der Waals surface area contributed by atoms with E-state index in [1.165, 1.54) is 0 Å². The number of oxime groups is 1. The predicted molar refractivity (Wildman–Crippen MR) is 67.1 cm³/mol. The molecule has 3 nitrogen and oxygen atoms in total. The molecule has 0 aromatic heterocycles. The fourth-order valence-electron chi connectivity index (χ4n) is 1.37. The van der Waals surface area contributed by atoms with E-state index in [2.05, 4.69) is 5.16 Å². The second-order valence-electron chi connectivity index (χ2n) is 3.33. The van der Waals surface area contributed by atoms with Crippen LogP contribution in [0.25, 0.3) is 0 Å². The van der Waals surface area contributed by atoms with E-state index in [0.29, 0.717) is 11.3 Å². The molecular formula is C13H10ClNO2. The average molecular weight is 248 g/mol. The zero-order valence-electron chi connectivity index (χ0n) is 8.88. The third kappa shape index (κ3) is 2.98. The molecule has 0 saturated heterocycles. The van der Waals surface area contributed by atoms with Crippen LogP contribution in [0.2, 0.25) is 0 Å². The van der Waals surface area contributed by atoms with Crippen molar-refractivity contribution in [2.24, 2.45) is 5.16 Å². The van der Waals surface area contributed by atoms with Crippen molar-refractivity contribution in [1.29, 1.82) is 0 Å². The summed E-state index contributed by atoms with van der Waals surface area (Å²) in [7, 11) is 0. The Kier molecular flexibility index (Phi) is 3.62. The topological polar surface area (TPSA) is 41.8 Å². The van der Waals surface area contributed by atoms with E-state index in [9.17, 15) is 0 Å². The molecule has 2 aromatic carbocycles. The van der Waals surface area contributed by atoms with Crippen LogP contribution in [0, 0.1) is 0 Å². The van der Waals surface area contributed by atoms with Gasteiger partial charge in [0.2, 0.25) is 0 Å². The number of benzene rings is 2.